The molecule has 0 unspecified atom stereocenters. The van der Waals surface area contributed by atoms with Gasteiger partial charge in [-0.2, -0.15) is 18.4 Å². The smallest absolute Gasteiger partial charge is 0.245 e. The normalized spacial score (nSPS) is 17.1. The SMILES string of the molecule is CC(C)(C)[C@@H]1CCc2nc(SCc3ccccc3)c(C#N)c(C(F)(F)F)c2C1. The van der Waals surface area contributed by atoms with Gasteiger partial charge in [-0.1, -0.05) is 51.1 Å². The second-order valence-corrected chi connectivity index (χ2v) is 9.25. The molecule has 0 aliphatic heterocycles. The lowest BCUT2D eigenvalue weighted by atomic mass is 9.70. The summed E-state index contributed by atoms with van der Waals surface area (Å²) < 4.78 is 42.0. The molecule has 3 rings (SSSR count). The molecule has 1 aliphatic carbocycles. The number of nitrogens with zero attached hydrogens (tertiary/aromatic N) is 2. The zero-order chi connectivity index (χ0) is 20.5. The van der Waals surface area contributed by atoms with Gasteiger partial charge in [-0.15, -0.1) is 11.8 Å². The zero-order valence-electron chi connectivity index (χ0n) is 16.2. The van der Waals surface area contributed by atoms with Crippen LogP contribution in [0.5, 0.6) is 0 Å². The molecule has 2 aromatic rings. The molecule has 6 heteroatoms. The summed E-state index contributed by atoms with van der Waals surface area (Å²) in [6.07, 6.45) is -2.92. The molecule has 0 saturated heterocycles. The average Bonchev–Trinajstić information content (AvgIpc) is 2.63. The molecule has 0 N–H and O–H groups in total. The second kappa shape index (κ2) is 7.79. The number of aromatic nitrogens is 1. The van der Waals surface area contributed by atoms with E-state index in [9.17, 15) is 18.4 Å². The molecule has 1 atom stereocenters. The number of hydrogen-bond donors (Lipinski definition) is 0. The Labute approximate surface area is 168 Å². The van der Waals surface area contributed by atoms with Gasteiger partial charge >= 0.3 is 6.18 Å². The fourth-order valence-corrected chi connectivity index (χ4v) is 4.68. The van der Waals surface area contributed by atoms with Gasteiger partial charge in [0.25, 0.3) is 0 Å². The zero-order valence-corrected chi connectivity index (χ0v) is 17.0. The van der Waals surface area contributed by atoms with Crippen LogP contribution in [0.1, 0.15) is 55.1 Å². The quantitative estimate of drug-likeness (QED) is 0.554. The van der Waals surface area contributed by atoms with Crippen LogP contribution in [-0.4, -0.2) is 4.98 Å². The van der Waals surface area contributed by atoms with E-state index in [1.165, 1.54) is 11.8 Å². The minimum atomic E-state index is -4.57. The molecule has 1 aliphatic rings. The molecule has 1 heterocycles. The van der Waals surface area contributed by atoms with Crippen molar-refractivity contribution in [2.75, 3.05) is 0 Å². The molecule has 0 radical (unpaired) electrons. The number of halogens is 3. The van der Waals surface area contributed by atoms with Crippen LogP contribution < -0.4 is 0 Å². The Bertz CT molecular complexity index is 893. The van der Waals surface area contributed by atoms with Crippen molar-refractivity contribution in [2.24, 2.45) is 11.3 Å². The number of hydrogen-bond acceptors (Lipinski definition) is 3. The molecule has 0 saturated carbocycles. The van der Waals surface area contributed by atoms with Crippen molar-refractivity contribution in [3.63, 3.8) is 0 Å². The number of thioether (sulfide) groups is 1. The highest BCUT2D eigenvalue weighted by molar-refractivity contribution is 7.98. The largest absolute Gasteiger partial charge is 0.418 e. The maximum absolute atomic E-state index is 14.0. The Morgan fingerprint density at radius 2 is 1.86 bits per heavy atom. The number of rotatable bonds is 3. The van der Waals surface area contributed by atoms with Gasteiger partial charge in [0, 0.05) is 11.4 Å². The second-order valence-electron chi connectivity index (χ2n) is 8.28. The monoisotopic (exact) mass is 404 g/mol. The van der Waals surface area contributed by atoms with E-state index in [1.807, 2.05) is 36.4 Å². The van der Waals surface area contributed by atoms with E-state index >= 15 is 0 Å². The summed E-state index contributed by atoms with van der Waals surface area (Å²) in [5.41, 5.74) is 0.513. The van der Waals surface area contributed by atoms with Crippen molar-refractivity contribution < 1.29 is 13.2 Å². The summed E-state index contributed by atoms with van der Waals surface area (Å²) >= 11 is 1.20. The summed E-state index contributed by atoms with van der Waals surface area (Å²) in [6.45, 7) is 6.16. The topological polar surface area (TPSA) is 36.7 Å². The van der Waals surface area contributed by atoms with Gasteiger partial charge in [-0.05, 0) is 41.7 Å². The lowest BCUT2D eigenvalue weighted by Crippen LogP contribution is -2.30. The highest BCUT2D eigenvalue weighted by atomic mass is 32.2. The molecule has 148 valence electrons. The highest BCUT2D eigenvalue weighted by Crippen LogP contribution is 2.45. The van der Waals surface area contributed by atoms with Crippen molar-refractivity contribution >= 4 is 11.8 Å². The molecule has 28 heavy (non-hydrogen) atoms. The van der Waals surface area contributed by atoms with Crippen LogP contribution in [0, 0.1) is 22.7 Å². The van der Waals surface area contributed by atoms with Crippen LogP contribution in [0.4, 0.5) is 13.2 Å². The Morgan fingerprint density at radius 1 is 1.18 bits per heavy atom. The van der Waals surface area contributed by atoms with Crippen molar-refractivity contribution in [1.82, 2.24) is 4.98 Å². The van der Waals surface area contributed by atoms with Crippen molar-refractivity contribution in [3.8, 4) is 6.07 Å². The summed E-state index contributed by atoms with van der Waals surface area (Å²) in [5.74, 6) is 0.612. The van der Waals surface area contributed by atoms with Gasteiger partial charge < -0.3 is 0 Å². The van der Waals surface area contributed by atoms with E-state index in [-0.39, 0.29) is 27.5 Å². The number of alkyl halides is 3. The predicted molar refractivity (Wildman–Crippen MR) is 105 cm³/mol. The van der Waals surface area contributed by atoms with Gasteiger partial charge in [0.2, 0.25) is 0 Å². The third-order valence-electron chi connectivity index (χ3n) is 5.37. The standard InChI is InChI=1S/C22H23F3N2S/c1-21(2,3)15-9-10-18-16(11-15)19(22(23,24)25)17(12-26)20(27-18)28-13-14-7-5-4-6-8-14/h4-8,15H,9-11,13H2,1-3H3/t15-/m1/s1. The average molecular weight is 405 g/mol. The number of benzene rings is 1. The predicted octanol–water partition coefficient (Wildman–Crippen LogP) is 6.42. The first kappa shape index (κ1) is 20.7. The fraction of sp³-hybridized carbons (Fsp3) is 0.455. The van der Waals surface area contributed by atoms with Crippen LogP contribution in [-0.2, 0) is 24.8 Å². The number of fused-ring (bicyclic) bond motifs is 1. The Morgan fingerprint density at radius 3 is 2.43 bits per heavy atom. The minimum absolute atomic E-state index is 0.0892. The first-order chi connectivity index (χ1) is 13.1. The number of nitriles is 1. The Kier molecular flexibility index (Phi) is 5.77. The van der Waals surface area contributed by atoms with E-state index in [2.05, 4.69) is 25.8 Å². The first-order valence-corrected chi connectivity index (χ1v) is 10.3. The lowest BCUT2D eigenvalue weighted by molar-refractivity contribution is -0.139. The first-order valence-electron chi connectivity index (χ1n) is 9.31. The summed E-state index contributed by atoms with van der Waals surface area (Å²) in [5, 5.41) is 9.77. The van der Waals surface area contributed by atoms with Crippen LogP contribution in [0.3, 0.4) is 0 Å². The molecular weight excluding hydrogens is 381 g/mol. The van der Waals surface area contributed by atoms with Gasteiger partial charge in [0.05, 0.1) is 11.1 Å². The Hall–Kier alpha value is -2.00. The van der Waals surface area contributed by atoms with Crippen LogP contribution >= 0.6 is 11.8 Å². The Balaban J connectivity index is 2.05. The maximum atomic E-state index is 14.0. The van der Waals surface area contributed by atoms with Gasteiger partial charge in [-0.25, -0.2) is 4.98 Å². The van der Waals surface area contributed by atoms with Gasteiger partial charge in [-0.3, -0.25) is 0 Å². The van der Waals surface area contributed by atoms with E-state index in [0.29, 0.717) is 24.3 Å². The number of aryl methyl sites for hydroxylation is 1. The highest BCUT2D eigenvalue weighted by Gasteiger charge is 2.42. The van der Waals surface area contributed by atoms with Crippen LogP contribution in [0.25, 0.3) is 0 Å². The lowest BCUT2D eigenvalue weighted by Gasteiger charge is -2.36. The van der Waals surface area contributed by atoms with Crippen molar-refractivity contribution in [2.45, 2.75) is 57.0 Å². The molecule has 0 spiro atoms. The van der Waals surface area contributed by atoms with E-state index in [0.717, 1.165) is 12.0 Å². The van der Waals surface area contributed by atoms with Gasteiger partial charge in [0.15, 0.2) is 0 Å². The third-order valence-corrected chi connectivity index (χ3v) is 6.42. The molecule has 1 aromatic heterocycles. The molecule has 0 fully saturated rings. The van der Waals surface area contributed by atoms with E-state index < -0.39 is 11.7 Å². The van der Waals surface area contributed by atoms with Gasteiger partial charge in [0.1, 0.15) is 11.1 Å². The third kappa shape index (κ3) is 4.35. The molecule has 0 amide bonds. The molecule has 0 bridgehead atoms. The summed E-state index contributed by atoms with van der Waals surface area (Å²) in [4.78, 5) is 4.53. The van der Waals surface area contributed by atoms with Crippen LogP contribution in [0.2, 0.25) is 0 Å². The van der Waals surface area contributed by atoms with Crippen molar-refractivity contribution in [1.29, 1.82) is 5.26 Å². The van der Waals surface area contributed by atoms with E-state index in [4.69, 9.17) is 0 Å². The summed E-state index contributed by atoms with van der Waals surface area (Å²) in [6, 6.07) is 11.3. The fourth-order valence-electron chi connectivity index (χ4n) is 3.72. The van der Waals surface area contributed by atoms with Crippen molar-refractivity contribution in [3.05, 3.63) is 58.3 Å². The maximum Gasteiger partial charge on any atom is 0.418 e. The number of pyridine rings is 1. The molecule has 1 aromatic carbocycles. The summed E-state index contributed by atoms with van der Waals surface area (Å²) in [7, 11) is 0. The van der Waals surface area contributed by atoms with E-state index in [1.54, 1.807) is 0 Å². The molecular formula is C22H23F3N2S. The minimum Gasteiger partial charge on any atom is -0.245 e. The van der Waals surface area contributed by atoms with Crippen LogP contribution in [0.15, 0.2) is 35.4 Å². The molecule has 2 nitrogen and oxygen atoms in total.